The normalized spacial score (nSPS) is 26.8. The Bertz CT molecular complexity index is 1380. The summed E-state index contributed by atoms with van der Waals surface area (Å²) < 4.78 is 14.2. The zero-order valence-corrected chi connectivity index (χ0v) is 23.6. The molecule has 11 heteroatoms. The molecule has 4 heterocycles. The number of aromatic nitrogens is 1. The lowest BCUT2D eigenvalue weighted by Gasteiger charge is -2.37. The zero-order chi connectivity index (χ0) is 27.5. The summed E-state index contributed by atoms with van der Waals surface area (Å²) in [5.74, 6) is -1.94. The van der Waals surface area contributed by atoms with Gasteiger partial charge in [0, 0.05) is 23.5 Å². The molecule has 5 rings (SSSR count). The number of carboxylic acids is 1. The molecule has 7 nitrogen and oxygen atoms in total. The van der Waals surface area contributed by atoms with Gasteiger partial charge in [-0.25, -0.2) is 19.2 Å². The summed E-state index contributed by atoms with van der Waals surface area (Å²) in [4.78, 5) is 39.2. The SMILES string of the molecule is CC(C)C1=C(C(=O)N2[C@H](C)CC[C@H]2C(=O)O)SC2=N[C@@](C)(c3ccc(Cl)nc3)[C@@H](c3ccc(F)c(Cl)c3)N21. The maximum Gasteiger partial charge on any atom is 0.326 e. The molecule has 0 radical (unpaired) electrons. The Morgan fingerprint density at radius 1 is 1.21 bits per heavy atom. The second kappa shape index (κ2) is 9.84. The Kier molecular flexibility index (Phi) is 6.99. The third kappa shape index (κ3) is 4.28. The standard InChI is InChI=1S/C27H27Cl2FN4O3S/c1-13(2)21-22(24(35)33-14(3)5-9-19(33)25(36)37)38-26-32-27(4,16-7-10-20(29)31-12-16)23(34(21)26)15-6-8-18(30)17(28)11-15/h6-8,10-14,19,23H,5,9H2,1-4H3,(H,36,37)/t14-,19+,23-,27+/m1/s1. The topological polar surface area (TPSA) is 86.1 Å². The van der Waals surface area contributed by atoms with E-state index in [-0.39, 0.29) is 22.9 Å². The van der Waals surface area contributed by atoms with Crippen LogP contribution in [0.25, 0.3) is 0 Å². The third-order valence-electron chi connectivity index (χ3n) is 7.51. The molecule has 1 amide bonds. The molecule has 3 aliphatic heterocycles. The Hall–Kier alpha value is -2.62. The lowest BCUT2D eigenvalue weighted by molar-refractivity contribution is -0.147. The van der Waals surface area contributed by atoms with Crippen molar-refractivity contribution in [3.05, 3.63) is 74.3 Å². The van der Waals surface area contributed by atoms with E-state index >= 15 is 0 Å². The number of aliphatic imine (C=N–C) groups is 1. The molecule has 38 heavy (non-hydrogen) atoms. The van der Waals surface area contributed by atoms with Crippen LogP contribution in [0.5, 0.6) is 0 Å². The van der Waals surface area contributed by atoms with Gasteiger partial charge >= 0.3 is 5.97 Å². The number of hydrogen-bond donors (Lipinski definition) is 1. The molecule has 4 atom stereocenters. The number of amides is 1. The molecule has 1 fully saturated rings. The molecular weight excluding hydrogens is 550 g/mol. The molecular formula is C27H27Cl2FN4O3S. The Labute approximate surface area is 234 Å². The molecule has 1 aromatic heterocycles. The number of nitrogens with zero attached hydrogens (tertiary/aromatic N) is 4. The van der Waals surface area contributed by atoms with Gasteiger partial charge in [0.1, 0.15) is 27.5 Å². The second-order valence-corrected chi connectivity index (χ2v) is 12.1. The van der Waals surface area contributed by atoms with E-state index < -0.39 is 29.4 Å². The molecule has 3 aliphatic rings. The van der Waals surface area contributed by atoms with Crippen molar-refractivity contribution in [2.45, 2.75) is 64.2 Å². The van der Waals surface area contributed by atoms with E-state index in [1.807, 2.05) is 38.7 Å². The number of pyridine rings is 1. The molecule has 1 N–H and O–H groups in total. The van der Waals surface area contributed by atoms with Crippen molar-refractivity contribution in [3.63, 3.8) is 0 Å². The Morgan fingerprint density at radius 3 is 2.55 bits per heavy atom. The van der Waals surface area contributed by atoms with Crippen LogP contribution >= 0.6 is 35.0 Å². The number of carbonyl (C=O) groups is 2. The number of benzene rings is 1. The number of halogens is 3. The Morgan fingerprint density at radius 2 is 1.95 bits per heavy atom. The summed E-state index contributed by atoms with van der Waals surface area (Å²) in [5, 5.41) is 10.7. The van der Waals surface area contributed by atoms with Crippen LogP contribution in [0.4, 0.5) is 4.39 Å². The number of thioether (sulfide) groups is 1. The molecule has 1 saturated heterocycles. The van der Waals surface area contributed by atoms with Gasteiger partial charge < -0.3 is 14.9 Å². The van der Waals surface area contributed by atoms with E-state index in [9.17, 15) is 19.1 Å². The van der Waals surface area contributed by atoms with Crippen LogP contribution in [0.2, 0.25) is 10.2 Å². The van der Waals surface area contributed by atoms with Gasteiger partial charge in [0.15, 0.2) is 5.17 Å². The number of hydrogen-bond acceptors (Lipinski definition) is 6. The summed E-state index contributed by atoms with van der Waals surface area (Å²) in [6.07, 6.45) is 2.71. The van der Waals surface area contributed by atoms with Gasteiger partial charge in [0.05, 0.1) is 11.1 Å². The molecule has 1 aromatic carbocycles. The number of carbonyl (C=O) groups excluding carboxylic acids is 1. The summed E-state index contributed by atoms with van der Waals surface area (Å²) in [6.45, 7) is 7.82. The average Bonchev–Trinajstić information content (AvgIpc) is 3.50. The first-order valence-electron chi connectivity index (χ1n) is 12.4. The number of aliphatic carboxylic acids is 1. The maximum absolute atomic E-state index is 14.2. The molecule has 0 unspecified atom stereocenters. The van der Waals surface area contributed by atoms with Gasteiger partial charge in [-0.05, 0) is 68.1 Å². The fraction of sp³-hybridized carbons (Fsp3) is 0.407. The monoisotopic (exact) mass is 576 g/mol. The van der Waals surface area contributed by atoms with E-state index in [2.05, 4.69) is 4.98 Å². The van der Waals surface area contributed by atoms with Crippen molar-refractivity contribution in [2.24, 2.45) is 10.9 Å². The van der Waals surface area contributed by atoms with Crippen LogP contribution in [0.15, 0.2) is 52.1 Å². The smallest absolute Gasteiger partial charge is 0.326 e. The number of carboxylic acid groups (broad SMARTS) is 1. The number of likely N-dealkylation sites (tertiary alicyclic amines) is 1. The zero-order valence-electron chi connectivity index (χ0n) is 21.3. The van der Waals surface area contributed by atoms with Crippen LogP contribution in [-0.4, -0.2) is 49.0 Å². The maximum atomic E-state index is 14.2. The quantitative estimate of drug-likeness (QED) is 0.424. The van der Waals surface area contributed by atoms with E-state index in [1.165, 1.54) is 22.7 Å². The van der Waals surface area contributed by atoms with Crippen LogP contribution in [0, 0.1) is 11.7 Å². The van der Waals surface area contributed by atoms with Crippen LogP contribution < -0.4 is 0 Å². The predicted octanol–water partition coefficient (Wildman–Crippen LogP) is 6.23. The minimum absolute atomic E-state index is 0.0130. The highest BCUT2D eigenvalue weighted by atomic mass is 35.5. The van der Waals surface area contributed by atoms with E-state index in [0.29, 0.717) is 28.1 Å². The summed E-state index contributed by atoms with van der Waals surface area (Å²) in [6, 6.07) is 6.62. The number of allylic oxidation sites excluding steroid dienone is 1. The van der Waals surface area contributed by atoms with Crippen molar-refractivity contribution in [3.8, 4) is 0 Å². The molecule has 0 aliphatic carbocycles. The van der Waals surface area contributed by atoms with Crippen LogP contribution in [-0.2, 0) is 15.1 Å². The minimum Gasteiger partial charge on any atom is -0.480 e. The average molecular weight is 578 g/mol. The number of amidine groups is 1. The molecule has 0 spiro atoms. The van der Waals surface area contributed by atoms with Gasteiger partial charge in [-0.3, -0.25) is 4.79 Å². The largest absolute Gasteiger partial charge is 0.480 e. The molecule has 200 valence electrons. The highest BCUT2D eigenvalue weighted by molar-refractivity contribution is 8.18. The van der Waals surface area contributed by atoms with Gasteiger partial charge in [-0.1, -0.05) is 49.2 Å². The minimum atomic E-state index is -1.00. The lowest BCUT2D eigenvalue weighted by Crippen LogP contribution is -2.44. The molecule has 0 bridgehead atoms. The highest BCUT2D eigenvalue weighted by Crippen LogP contribution is 2.56. The van der Waals surface area contributed by atoms with E-state index in [0.717, 1.165) is 16.8 Å². The van der Waals surface area contributed by atoms with Gasteiger partial charge in [0.2, 0.25) is 0 Å². The number of rotatable bonds is 5. The van der Waals surface area contributed by atoms with Gasteiger partial charge in [-0.2, -0.15) is 0 Å². The van der Waals surface area contributed by atoms with Crippen LogP contribution in [0.3, 0.4) is 0 Å². The molecule has 2 aromatic rings. The predicted molar refractivity (Wildman–Crippen MR) is 146 cm³/mol. The first kappa shape index (κ1) is 27.0. The van der Waals surface area contributed by atoms with Crippen molar-refractivity contribution in [1.29, 1.82) is 0 Å². The number of fused-ring (bicyclic) bond motifs is 1. The van der Waals surface area contributed by atoms with Crippen molar-refractivity contribution in [2.75, 3.05) is 0 Å². The van der Waals surface area contributed by atoms with Crippen molar-refractivity contribution in [1.82, 2.24) is 14.8 Å². The summed E-state index contributed by atoms with van der Waals surface area (Å²) in [5.41, 5.74) is 1.40. The third-order valence-corrected chi connectivity index (χ3v) is 9.08. The first-order valence-corrected chi connectivity index (χ1v) is 13.9. The van der Waals surface area contributed by atoms with Gasteiger partial charge in [0.25, 0.3) is 5.91 Å². The van der Waals surface area contributed by atoms with Gasteiger partial charge in [-0.15, -0.1) is 0 Å². The van der Waals surface area contributed by atoms with Crippen molar-refractivity contribution >= 4 is 52.0 Å². The lowest BCUT2D eigenvalue weighted by atomic mass is 9.81. The summed E-state index contributed by atoms with van der Waals surface area (Å²) >= 11 is 13.5. The fourth-order valence-corrected chi connectivity index (χ4v) is 7.33. The van der Waals surface area contributed by atoms with E-state index in [4.69, 9.17) is 28.2 Å². The molecule has 0 saturated carbocycles. The Balaban J connectivity index is 1.66. The van der Waals surface area contributed by atoms with E-state index in [1.54, 1.807) is 24.4 Å². The highest BCUT2D eigenvalue weighted by Gasteiger charge is 2.54. The van der Waals surface area contributed by atoms with Crippen molar-refractivity contribution < 1.29 is 19.1 Å². The first-order chi connectivity index (χ1) is 17.9. The summed E-state index contributed by atoms with van der Waals surface area (Å²) in [7, 11) is 0. The second-order valence-electron chi connectivity index (χ2n) is 10.3. The van der Waals surface area contributed by atoms with Crippen LogP contribution in [0.1, 0.15) is 57.7 Å². The fourth-order valence-electron chi connectivity index (χ4n) is 5.68.